The molecular weight excluding hydrogens is 452 g/mol. The molecule has 3 heteroatoms. The van der Waals surface area contributed by atoms with E-state index in [1.54, 1.807) is 0 Å². The first-order chi connectivity index (χ1) is 18.3. The molecule has 0 aliphatic carbocycles. The molecule has 2 N–H and O–H groups in total. The molecule has 1 aromatic heterocycles. The predicted molar refractivity (Wildman–Crippen MR) is 156 cm³/mol. The lowest BCUT2D eigenvalue weighted by Crippen LogP contribution is -1.94. The van der Waals surface area contributed by atoms with Gasteiger partial charge in [-0.2, -0.15) is 0 Å². The van der Waals surface area contributed by atoms with Crippen LogP contribution < -0.4 is 10.6 Å². The van der Waals surface area contributed by atoms with Gasteiger partial charge in [0.05, 0.1) is 5.69 Å². The van der Waals surface area contributed by atoms with Crippen molar-refractivity contribution in [1.82, 2.24) is 0 Å². The highest BCUT2D eigenvalue weighted by molar-refractivity contribution is 6.09. The number of hydrogen-bond acceptors (Lipinski definition) is 3. The van der Waals surface area contributed by atoms with E-state index in [0.29, 0.717) is 0 Å². The maximum absolute atomic E-state index is 6.19. The lowest BCUT2D eigenvalue weighted by Gasteiger charge is -2.12. The van der Waals surface area contributed by atoms with Gasteiger partial charge in [0, 0.05) is 27.8 Å². The van der Waals surface area contributed by atoms with Crippen LogP contribution in [0.5, 0.6) is 0 Å². The van der Waals surface area contributed by atoms with Crippen LogP contribution in [-0.4, -0.2) is 0 Å². The molecule has 0 unspecified atom stereocenters. The van der Waals surface area contributed by atoms with Crippen molar-refractivity contribution in [2.75, 3.05) is 10.6 Å². The minimum Gasteiger partial charge on any atom is -0.454 e. The van der Waals surface area contributed by atoms with Crippen molar-refractivity contribution in [3.8, 4) is 11.1 Å². The Balaban J connectivity index is 1.16. The Morgan fingerprint density at radius 3 is 2.03 bits per heavy atom. The Morgan fingerprint density at radius 2 is 1.11 bits per heavy atom. The molecule has 7 rings (SSSR count). The highest BCUT2D eigenvalue weighted by Crippen LogP contribution is 2.35. The second kappa shape index (κ2) is 8.89. The lowest BCUT2D eigenvalue weighted by molar-refractivity contribution is 0.670. The summed E-state index contributed by atoms with van der Waals surface area (Å²) in [4.78, 5) is 0. The Bertz CT molecular complexity index is 1900. The molecule has 0 aliphatic heterocycles. The summed E-state index contributed by atoms with van der Waals surface area (Å²) < 4.78 is 6.19. The van der Waals surface area contributed by atoms with Crippen molar-refractivity contribution >= 4 is 55.5 Å². The fourth-order valence-corrected chi connectivity index (χ4v) is 4.99. The third-order valence-corrected chi connectivity index (χ3v) is 6.78. The van der Waals surface area contributed by atoms with Crippen molar-refractivity contribution < 1.29 is 4.42 Å². The van der Waals surface area contributed by atoms with Gasteiger partial charge in [-0.05, 0) is 70.4 Å². The van der Waals surface area contributed by atoms with E-state index >= 15 is 0 Å². The molecular formula is C34H24N2O. The highest BCUT2D eigenvalue weighted by atomic mass is 16.3. The first-order valence-electron chi connectivity index (χ1n) is 12.4. The molecule has 176 valence electrons. The van der Waals surface area contributed by atoms with Crippen LogP contribution in [0, 0.1) is 0 Å². The van der Waals surface area contributed by atoms with E-state index in [0.717, 1.165) is 44.7 Å². The molecule has 0 saturated carbocycles. The zero-order valence-electron chi connectivity index (χ0n) is 20.1. The maximum Gasteiger partial charge on any atom is 0.158 e. The van der Waals surface area contributed by atoms with Gasteiger partial charge in [-0.25, -0.2) is 0 Å². The maximum atomic E-state index is 6.19. The highest BCUT2D eigenvalue weighted by Gasteiger charge is 2.10. The van der Waals surface area contributed by atoms with E-state index < -0.39 is 0 Å². The SMILES string of the molecule is c1cc(Nc2cccc(-c3ccc4ccccc4c3)c2)cc(Nc2cccc3c2oc2ccccc23)c1. The molecule has 3 nitrogen and oxygen atoms in total. The minimum absolute atomic E-state index is 0.866. The van der Waals surface area contributed by atoms with Gasteiger partial charge in [-0.3, -0.25) is 0 Å². The Kier molecular flexibility index (Phi) is 5.11. The normalized spacial score (nSPS) is 11.2. The Labute approximate surface area is 215 Å². The topological polar surface area (TPSA) is 37.2 Å². The van der Waals surface area contributed by atoms with Crippen LogP contribution in [-0.2, 0) is 0 Å². The number of para-hydroxylation sites is 2. The molecule has 0 radical (unpaired) electrons. The second-order valence-corrected chi connectivity index (χ2v) is 9.25. The van der Waals surface area contributed by atoms with Crippen LogP contribution in [0.4, 0.5) is 22.7 Å². The zero-order valence-corrected chi connectivity index (χ0v) is 20.1. The molecule has 0 atom stereocenters. The fraction of sp³-hybridized carbons (Fsp3) is 0. The summed E-state index contributed by atoms with van der Waals surface area (Å²) >= 11 is 0. The monoisotopic (exact) mass is 476 g/mol. The van der Waals surface area contributed by atoms with Crippen LogP contribution >= 0.6 is 0 Å². The molecule has 7 aromatic rings. The molecule has 1 heterocycles. The van der Waals surface area contributed by atoms with Crippen LogP contribution in [0.1, 0.15) is 0 Å². The quantitative estimate of drug-likeness (QED) is 0.259. The van der Waals surface area contributed by atoms with E-state index in [9.17, 15) is 0 Å². The molecule has 0 fully saturated rings. The molecule has 0 amide bonds. The van der Waals surface area contributed by atoms with E-state index in [-0.39, 0.29) is 0 Å². The number of benzene rings is 6. The van der Waals surface area contributed by atoms with Crippen molar-refractivity contribution in [3.63, 3.8) is 0 Å². The number of fused-ring (bicyclic) bond motifs is 4. The standard InChI is InChI=1S/C34H24N2O/c1-2-9-24-20-26(19-18-23(24)8-1)25-10-5-11-27(21-25)35-28-12-6-13-29(22-28)36-32-16-7-15-31-30-14-3-4-17-33(30)37-34(31)32/h1-22,35-36H. The summed E-state index contributed by atoms with van der Waals surface area (Å²) in [6, 6.07) is 46.3. The van der Waals surface area contributed by atoms with Crippen LogP contribution in [0.15, 0.2) is 138 Å². The summed E-state index contributed by atoms with van der Waals surface area (Å²) in [6.07, 6.45) is 0. The van der Waals surface area contributed by atoms with Gasteiger partial charge >= 0.3 is 0 Å². The van der Waals surface area contributed by atoms with Crippen molar-refractivity contribution in [3.05, 3.63) is 133 Å². The first-order valence-corrected chi connectivity index (χ1v) is 12.4. The Morgan fingerprint density at radius 1 is 0.432 bits per heavy atom. The van der Waals surface area contributed by atoms with E-state index in [1.165, 1.54) is 21.9 Å². The second-order valence-electron chi connectivity index (χ2n) is 9.25. The number of rotatable bonds is 5. The number of anilines is 4. The van der Waals surface area contributed by atoms with Gasteiger partial charge in [-0.1, -0.05) is 84.9 Å². The molecule has 37 heavy (non-hydrogen) atoms. The number of nitrogens with one attached hydrogen (secondary N) is 2. The summed E-state index contributed by atoms with van der Waals surface area (Å²) in [5, 5.41) is 11.9. The van der Waals surface area contributed by atoms with Crippen LogP contribution in [0.2, 0.25) is 0 Å². The smallest absolute Gasteiger partial charge is 0.158 e. The van der Waals surface area contributed by atoms with Gasteiger partial charge in [0.1, 0.15) is 5.58 Å². The zero-order chi connectivity index (χ0) is 24.6. The summed E-state index contributed by atoms with van der Waals surface area (Å²) in [5.74, 6) is 0. The molecule has 6 aromatic carbocycles. The average molecular weight is 477 g/mol. The van der Waals surface area contributed by atoms with Gasteiger partial charge in [0.25, 0.3) is 0 Å². The summed E-state index contributed by atoms with van der Waals surface area (Å²) in [6.45, 7) is 0. The van der Waals surface area contributed by atoms with Crippen molar-refractivity contribution in [2.24, 2.45) is 0 Å². The number of furan rings is 1. The van der Waals surface area contributed by atoms with E-state index in [4.69, 9.17) is 4.42 Å². The van der Waals surface area contributed by atoms with Gasteiger partial charge in [-0.15, -0.1) is 0 Å². The largest absolute Gasteiger partial charge is 0.454 e. The van der Waals surface area contributed by atoms with Gasteiger partial charge in [0.15, 0.2) is 5.58 Å². The van der Waals surface area contributed by atoms with E-state index in [2.05, 4.69) is 126 Å². The Hall–Kier alpha value is -5.02. The van der Waals surface area contributed by atoms with Crippen molar-refractivity contribution in [1.29, 1.82) is 0 Å². The molecule has 0 aliphatic rings. The predicted octanol–water partition coefficient (Wildman–Crippen LogP) is 9.89. The third kappa shape index (κ3) is 4.07. The van der Waals surface area contributed by atoms with Crippen LogP contribution in [0.25, 0.3) is 43.8 Å². The average Bonchev–Trinajstić information content (AvgIpc) is 3.33. The lowest BCUT2D eigenvalue weighted by atomic mass is 10.0. The van der Waals surface area contributed by atoms with E-state index in [1.807, 2.05) is 18.2 Å². The summed E-state index contributed by atoms with van der Waals surface area (Å²) in [7, 11) is 0. The molecule has 0 saturated heterocycles. The first kappa shape index (κ1) is 21.3. The third-order valence-electron chi connectivity index (χ3n) is 6.78. The number of hydrogen-bond donors (Lipinski definition) is 2. The molecule has 0 spiro atoms. The van der Waals surface area contributed by atoms with Crippen LogP contribution in [0.3, 0.4) is 0 Å². The van der Waals surface area contributed by atoms with Gasteiger partial charge in [0.2, 0.25) is 0 Å². The van der Waals surface area contributed by atoms with Crippen molar-refractivity contribution in [2.45, 2.75) is 0 Å². The molecule has 0 bridgehead atoms. The minimum atomic E-state index is 0.866. The fourth-order valence-electron chi connectivity index (χ4n) is 4.99. The summed E-state index contributed by atoms with van der Waals surface area (Å²) in [5.41, 5.74) is 8.14. The van der Waals surface area contributed by atoms with Gasteiger partial charge < -0.3 is 15.1 Å².